The van der Waals surface area contributed by atoms with E-state index in [0.29, 0.717) is 6.04 Å². The highest BCUT2D eigenvalue weighted by molar-refractivity contribution is 9.11. The summed E-state index contributed by atoms with van der Waals surface area (Å²) in [5.74, 6) is 7.33. The van der Waals surface area contributed by atoms with Gasteiger partial charge in [0.25, 0.3) is 0 Å². The van der Waals surface area contributed by atoms with Gasteiger partial charge in [-0.1, -0.05) is 138 Å². The van der Waals surface area contributed by atoms with Crippen molar-refractivity contribution in [2.24, 2.45) is 0 Å². The van der Waals surface area contributed by atoms with Crippen molar-refractivity contribution < 1.29 is 10.2 Å². The molecule has 0 aliphatic rings. The Morgan fingerprint density at radius 3 is 1.64 bits per heavy atom. The molecule has 0 heterocycles. The molecule has 2 atom stereocenters. The first kappa shape index (κ1) is 36.3. The van der Waals surface area contributed by atoms with E-state index in [-0.39, 0.29) is 26.7 Å². The first-order chi connectivity index (χ1) is 20.1. The number of hydrogen-bond acceptors (Lipinski definition) is 4. The van der Waals surface area contributed by atoms with E-state index >= 15 is 0 Å². The minimum absolute atomic E-state index is 0. The van der Waals surface area contributed by atoms with Crippen LogP contribution in [0.4, 0.5) is 0 Å². The van der Waals surface area contributed by atoms with Crippen LogP contribution < -0.4 is 10.6 Å². The Bertz CT molecular complexity index is 1480. The molecule has 0 amide bonds. The van der Waals surface area contributed by atoms with E-state index in [2.05, 4.69) is 150 Å². The van der Waals surface area contributed by atoms with Crippen molar-refractivity contribution >= 4 is 37.5 Å². The molecule has 4 nitrogen and oxygen atoms in total. The molecule has 0 unspecified atom stereocenters. The van der Waals surface area contributed by atoms with Gasteiger partial charge in [-0.3, -0.25) is 0 Å². The van der Waals surface area contributed by atoms with Gasteiger partial charge in [0, 0.05) is 25.2 Å². The summed E-state index contributed by atoms with van der Waals surface area (Å²) in [4.78, 5) is 1.88. The molecule has 4 aromatic rings. The minimum Gasteiger partial charge on any atom is -0.384 e. The van der Waals surface area contributed by atoms with Gasteiger partial charge in [0.15, 0.2) is 0 Å². The van der Waals surface area contributed by atoms with Crippen LogP contribution >= 0.6 is 15.9 Å². The van der Waals surface area contributed by atoms with Crippen molar-refractivity contribution in [3.05, 3.63) is 119 Å². The number of fused-ring (bicyclic) bond motifs is 2. The predicted octanol–water partition coefficient (Wildman–Crippen LogP) is 7.69. The molecule has 42 heavy (non-hydrogen) atoms. The zero-order valence-corrected chi connectivity index (χ0v) is 25.3. The molecule has 0 saturated heterocycles. The first-order valence-electron chi connectivity index (χ1n) is 13.5. The van der Waals surface area contributed by atoms with Crippen molar-refractivity contribution in [2.45, 2.75) is 33.4 Å². The second kappa shape index (κ2) is 22.0. The zero-order valence-electron chi connectivity index (χ0n) is 23.7. The van der Waals surface area contributed by atoms with Gasteiger partial charge < -0.3 is 20.8 Å². The van der Waals surface area contributed by atoms with Crippen LogP contribution in [0.25, 0.3) is 21.5 Å². The van der Waals surface area contributed by atoms with Gasteiger partial charge in [-0.05, 0) is 57.6 Å². The lowest BCUT2D eigenvalue weighted by Crippen LogP contribution is -2.18. The second-order valence-electron chi connectivity index (χ2n) is 9.00. The molecule has 5 heteroatoms. The quantitative estimate of drug-likeness (QED) is 0.151. The molecular formula is C37H43BrN2O2. The fraction of sp³-hybridized carbons (Fsp3) is 0.243. The Labute approximate surface area is 260 Å². The van der Waals surface area contributed by atoms with E-state index in [0.717, 1.165) is 13.1 Å². The maximum atomic E-state index is 8.54. The summed E-state index contributed by atoms with van der Waals surface area (Å²) < 4.78 is 0. The monoisotopic (exact) mass is 626 g/mol. The highest BCUT2D eigenvalue weighted by Crippen LogP contribution is 2.24. The fourth-order valence-electron chi connectivity index (χ4n) is 4.23. The third kappa shape index (κ3) is 12.5. The molecule has 0 aliphatic carbocycles. The van der Waals surface area contributed by atoms with Gasteiger partial charge in [0.1, 0.15) is 13.2 Å². The highest BCUT2D eigenvalue weighted by atomic mass is 79.9. The Balaban J connectivity index is 0.000000368. The molecule has 220 valence electrons. The fourth-order valence-corrected chi connectivity index (χ4v) is 4.42. The van der Waals surface area contributed by atoms with Gasteiger partial charge in [0.2, 0.25) is 0 Å². The topological polar surface area (TPSA) is 64.5 Å². The lowest BCUT2D eigenvalue weighted by atomic mass is 10.00. The molecule has 4 rings (SSSR count). The number of terminal acetylenes is 1. The Hall–Kier alpha value is -3.68. The number of aliphatic hydroxyl groups excluding tert-OH is 2. The highest BCUT2D eigenvalue weighted by Gasteiger charge is 2.08. The summed E-state index contributed by atoms with van der Waals surface area (Å²) in [5, 5.41) is 28.3. The third-order valence-corrected chi connectivity index (χ3v) is 6.60. The van der Waals surface area contributed by atoms with Crippen molar-refractivity contribution in [3.8, 4) is 24.2 Å². The van der Waals surface area contributed by atoms with E-state index < -0.39 is 0 Å². The molecule has 4 N–H and O–H groups in total. The molecule has 0 bridgehead atoms. The van der Waals surface area contributed by atoms with E-state index in [1.807, 2.05) is 17.0 Å². The Morgan fingerprint density at radius 2 is 1.19 bits per heavy atom. The van der Waals surface area contributed by atoms with Crippen LogP contribution in [0.2, 0.25) is 0 Å². The molecule has 4 aromatic carbocycles. The molecular weight excluding hydrogens is 584 g/mol. The van der Waals surface area contributed by atoms with E-state index in [1.54, 1.807) is 6.08 Å². The SMILES string of the molecule is C.C#CCO.C[C@@H](NC/C=C/Br)c1cccc2ccccc12.C[C@@H](NC/C=C/C#CCO)c1cccc2ccccc12. The minimum atomic E-state index is -0.153. The van der Waals surface area contributed by atoms with Crippen LogP contribution in [0.3, 0.4) is 0 Å². The molecule has 0 radical (unpaired) electrons. The molecule has 0 saturated carbocycles. The van der Waals surface area contributed by atoms with Gasteiger partial charge in [-0.2, -0.15) is 0 Å². The summed E-state index contributed by atoms with van der Waals surface area (Å²) in [6, 6.07) is 30.4. The molecule has 0 aliphatic heterocycles. The third-order valence-electron chi connectivity index (χ3n) is 6.23. The van der Waals surface area contributed by atoms with Crippen molar-refractivity contribution in [1.29, 1.82) is 0 Å². The molecule has 0 aromatic heterocycles. The molecule has 0 spiro atoms. The zero-order chi connectivity index (χ0) is 29.7. The van der Waals surface area contributed by atoms with Crippen LogP contribution in [0.1, 0.15) is 44.5 Å². The summed E-state index contributed by atoms with van der Waals surface area (Å²) in [7, 11) is 0. The van der Waals surface area contributed by atoms with Gasteiger partial charge in [-0.25, -0.2) is 0 Å². The number of allylic oxidation sites excluding steroid dienone is 1. The van der Waals surface area contributed by atoms with Crippen molar-refractivity contribution in [3.63, 3.8) is 0 Å². The lowest BCUT2D eigenvalue weighted by Gasteiger charge is -2.15. The van der Waals surface area contributed by atoms with Crippen molar-refractivity contribution in [1.82, 2.24) is 10.6 Å². The molecule has 0 fully saturated rings. The smallest absolute Gasteiger partial charge is 0.104 e. The predicted molar refractivity (Wildman–Crippen MR) is 185 cm³/mol. The van der Waals surface area contributed by atoms with Crippen molar-refractivity contribution in [2.75, 3.05) is 26.3 Å². The van der Waals surface area contributed by atoms with Gasteiger partial charge in [-0.15, -0.1) is 6.42 Å². The number of benzene rings is 4. The second-order valence-corrected chi connectivity index (χ2v) is 9.53. The summed E-state index contributed by atoms with van der Waals surface area (Å²) in [6.45, 7) is 5.74. The largest absolute Gasteiger partial charge is 0.384 e. The van der Waals surface area contributed by atoms with E-state index in [9.17, 15) is 0 Å². The first-order valence-corrected chi connectivity index (χ1v) is 14.4. The average Bonchev–Trinajstić information content (AvgIpc) is 3.02. The number of rotatable bonds is 8. The normalized spacial score (nSPS) is 11.7. The maximum Gasteiger partial charge on any atom is 0.104 e. The Morgan fingerprint density at radius 1 is 0.738 bits per heavy atom. The average molecular weight is 628 g/mol. The van der Waals surface area contributed by atoms with Crippen LogP contribution in [-0.4, -0.2) is 36.5 Å². The van der Waals surface area contributed by atoms with Gasteiger partial charge in [0.05, 0.1) is 0 Å². The summed E-state index contributed by atoms with van der Waals surface area (Å²) in [6.07, 6.45) is 10.3. The van der Waals surface area contributed by atoms with Crippen LogP contribution in [0.5, 0.6) is 0 Å². The maximum absolute atomic E-state index is 8.54. The van der Waals surface area contributed by atoms with Gasteiger partial charge >= 0.3 is 0 Å². The number of aliphatic hydroxyl groups is 2. The van der Waals surface area contributed by atoms with Crippen LogP contribution in [-0.2, 0) is 0 Å². The lowest BCUT2D eigenvalue weighted by molar-refractivity contribution is 0.350. The number of nitrogens with one attached hydrogen (secondary N) is 2. The number of halogens is 1. The summed E-state index contributed by atoms with van der Waals surface area (Å²) >= 11 is 3.27. The van der Waals surface area contributed by atoms with Crippen LogP contribution in [0, 0.1) is 24.2 Å². The number of hydrogen-bond donors (Lipinski definition) is 4. The summed E-state index contributed by atoms with van der Waals surface area (Å²) in [5.41, 5.74) is 2.66. The standard InChI is InChI=1S/C18H19NO.C15H16BrN.C3H4O.CH4/c1-15(19-13-6-2-3-7-14-20)17-12-8-10-16-9-4-5-11-18(16)17;1-12(17-11-5-10-16)14-9-4-7-13-6-2-3-8-15(13)14;1-2-3-4;/h2,4-6,8-12,15,19-20H,13-14H2,1H3;2-10,12,17H,11H2,1H3;1,4H,3H2;1H4/b6-2+;10-5+;;/t15-;12-;;/m11../s1. The Kier molecular flexibility index (Phi) is 19.0. The van der Waals surface area contributed by atoms with E-state index in [1.165, 1.54) is 32.7 Å². The van der Waals surface area contributed by atoms with Crippen LogP contribution in [0.15, 0.2) is 108 Å². The van der Waals surface area contributed by atoms with E-state index in [4.69, 9.17) is 10.2 Å².